The summed E-state index contributed by atoms with van der Waals surface area (Å²) in [6, 6.07) is 4.06. The number of nitrogen functional groups attached to an aromatic ring is 1. The Morgan fingerprint density at radius 1 is 1.28 bits per heavy atom. The number of hydrogen-bond donors (Lipinski definition) is 2. The summed E-state index contributed by atoms with van der Waals surface area (Å²) >= 11 is 0. The van der Waals surface area contributed by atoms with Crippen LogP contribution in [0.2, 0.25) is 0 Å². The third-order valence-electron chi connectivity index (χ3n) is 2.95. The van der Waals surface area contributed by atoms with Crippen molar-refractivity contribution in [1.82, 2.24) is 4.98 Å². The van der Waals surface area contributed by atoms with Gasteiger partial charge in [-0.1, -0.05) is 0 Å². The summed E-state index contributed by atoms with van der Waals surface area (Å²) in [7, 11) is 0. The van der Waals surface area contributed by atoms with Crippen molar-refractivity contribution in [3.8, 4) is 0 Å². The van der Waals surface area contributed by atoms with Crippen molar-refractivity contribution >= 4 is 11.5 Å². The van der Waals surface area contributed by atoms with E-state index < -0.39 is 0 Å². The van der Waals surface area contributed by atoms with Gasteiger partial charge in [0.1, 0.15) is 17.3 Å². The third-order valence-corrected chi connectivity index (χ3v) is 2.95. The second-order valence-electron chi connectivity index (χ2n) is 4.69. The zero-order valence-electron chi connectivity index (χ0n) is 11.2. The van der Waals surface area contributed by atoms with Crippen molar-refractivity contribution in [3.63, 3.8) is 0 Å². The molecular weight excluding hydrogens is 226 g/mol. The molecule has 2 aromatic heterocycles. The minimum atomic E-state index is 0.111. The standard InChI is InChI=1S/C14H19N3O/c1-8-5-13(15)14(16-7-8)17-10(3)12-6-9(2)18-11(12)4/h5-7,10H,15H2,1-4H3,(H,16,17). The minimum Gasteiger partial charge on any atom is -0.466 e. The second-order valence-corrected chi connectivity index (χ2v) is 4.69. The van der Waals surface area contributed by atoms with Crippen LogP contribution in [0.4, 0.5) is 11.5 Å². The monoisotopic (exact) mass is 245 g/mol. The van der Waals surface area contributed by atoms with Crippen LogP contribution in [-0.4, -0.2) is 4.98 Å². The molecule has 1 unspecified atom stereocenters. The van der Waals surface area contributed by atoms with E-state index in [1.807, 2.05) is 32.9 Å². The van der Waals surface area contributed by atoms with Gasteiger partial charge in [-0.05, 0) is 45.4 Å². The van der Waals surface area contributed by atoms with Crippen LogP contribution in [0.15, 0.2) is 22.7 Å². The topological polar surface area (TPSA) is 64.1 Å². The van der Waals surface area contributed by atoms with Gasteiger partial charge in [0.15, 0.2) is 0 Å². The summed E-state index contributed by atoms with van der Waals surface area (Å²) in [5, 5.41) is 3.31. The van der Waals surface area contributed by atoms with Crippen LogP contribution in [-0.2, 0) is 0 Å². The predicted molar refractivity (Wildman–Crippen MR) is 73.6 cm³/mol. The summed E-state index contributed by atoms with van der Waals surface area (Å²) in [6.45, 7) is 7.95. The highest BCUT2D eigenvalue weighted by molar-refractivity contribution is 5.62. The molecule has 18 heavy (non-hydrogen) atoms. The first kappa shape index (κ1) is 12.5. The first-order valence-electron chi connectivity index (χ1n) is 6.03. The van der Waals surface area contributed by atoms with E-state index in [1.165, 1.54) is 0 Å². The van der Waals surface area contributed by atoms with Crippen molar-refractivity contribution in [2.75, 3.05) is 11.1 Å². The van der Waals surface area contributed by atoms with Crippen molar-refractivity contribution in [2.45, 2.75) is 33.7 Å². The van der Waals surface area contributed by atoms with Crippen LogP contribution in [0.3, 0.4) is 0 Å². The SMILES string of the molecule is Cc1cnc(NC(C)c2cc(C)oc2C)c(N)c1. The van der Waals surface area contributed by atoms with Gasteiger partial charge in [-0.25, -0.2) is 4.98 Å². The molecule has 3 N–H and O–H groups in total. The number of furan rings is 1. The quantitative estimate of drug-likeness (QED) is 0.870. The molecule has 0 saturated carbocycles. The lowest BCUT2D eigenvalue weighted by Gasteiger charge is -2.15. The van der Waals surface area contributed by atoms with Crippen LogP contribution >= 0.6 is 0 Å². The normalized spacial score (nSPS) is 12.4. The molecule has 2 aromatic rings. The third kappa shape index (κ3) is 2.47. The predicted octanol–water partition coefficient (Wildman–Crippen LogP) is 3.36. The van der Waals surface area contributed by atoms with E-state index in [1.54, 1.807) is 6.20 Å². The average molecular weight is 245 g/mol. The van der Waals surface area contributed by atoms with Crippen molar-refractivity contribution in [3.05, 3.63) is 41.0 Å². The molecule has 4 nitrogen and oxygen atoms in total. The lowest BCUT2D eigenvalue weighted by Crippen LogP contribution is -2.10. The average Bonchev–Trinajstić information content (AvgIpc) is 2.62. The van der Waals surface area contributed by atoms with Gasteiger partial charge in [0.2, 0.25) is 0 Å². The van der Waals surface area contributed by atoms with E-state index >= 15 is 0 Å². The summed E-state index contributed by atoms with van der Waals surface area (Å²) < 4.78 is 5.53. The van der Waals surface area contributed by atoms with Crippen LogP contribution in [0.25, 0.3) is 0 Å². The van der Waals surface area contributed by atoms with E-state index in [0.29, 0.717) is 11.5 Å². The minimum absolute atomic E-state index is 0.111. The molecule has 0 fully saturated rings. The highest BCUT2D eigenvalue weighted by Gasteiger charge is 2.14. The molecule has 0 amide bonds. The molecule has 0 bridgehead atoms. The number of aromatic nitrogens is 1. The Balaban J connectivity index is 2.21. The molecule has 2 rings (SSSR count). The zero-order chi connectivity index (χ0) is 13.3. The fourth-order valence-electron chi connectivity index (χ4n) is 2.08. The van der Waals surface area contributed by atoms with Gasteiger partial charge in [0.25, 0.3) is 0 Å². The van der Waals surface area contributed by atoms with Gasteiger partial charge in [0, 0.05) is 11.8 Å². The highest BCUT2D eigenvalue weighted by atomic mass is 16.3. The Labute approximate surface area is 107 Å². The molecule has 0 radical (unpaired) electrons. The number of pyridine rings is 1. The van der Waals surface area contributed by atoms with Gasteiger partial charge < -0.3 is 15.5 Å². The molecule has 0 aliphatic rings. The lowest BCUT2D eigenvalue weighted by atomic mass is 10.1. The largest absolute Gasteiger partial charge is 0.466 e. The van der Waals surface area contributed by atoms with Gasteiger partial charge in [-0.2, -0.15) is 0 Å². The lowest BCUT2D eigenvalue weighted by molar-refractivity contribution is 0.500. The molecule has 0 spiro atoms. The molecule has 0 aromatic carbocycles. The highest BCUT2D eigenvalue weighted by Crippen LogP contribution is 2.26. The number of anilines is 2. The Morgan fingerprint density at radius 3 is 2.56 bits per heavy atom. The number of hydrogen-bond acceptors (Lipinski definition) is 4. The maximum atomic E-state index is 5.94. The van der Waals surface area contributed by atoms with Crippen LogP contribution in [0.1, 0.15) is 35.6 Å². The van der Waals surface area contributed by atoms with Gasteiger partial charge >= 0.3 is 0 Å². The van der Waals surface area contributed by atoms with Crippen molar-refractivity contribution in [1.29, 1.82) is 0 Å². The number of nitrogens with two attached hydrogens (primary N) is 1. The van der Waals surface area contributed by atoms with E-state index in [4.69, 9.17) is 10.2 Å². The van der Waals surface area contributed by atoms with Crippen LogP contribution < -0.4 is 11.1 Å². The number of rotatable bonds is 3. The van der Waals surface area contributed by atoms with Gasteiger partial charge in [-0.15, -0.1) is 0 Å². The molecule has 4 heteroatoms. The number of nitrogens with zero attached hydrogens (tertiary/aromatic N) is 1. The first-order chi connectivity index (χ1) is 8.47. The Bertz CT molecular complexity index is 560. The molecular formula is C14H19N3O. The molecule has 96 valence electrons. The summed E-state index contributed by atoms with van der Waals surface area (Å²) in [6.07, 6.45) is 1.80. The maximum Gasteiger partial charge on any atom is 0.149 e. The molecule has 2 heterocycles. The summed E-state index contributed by atoms with van der Waals surface area (Å²) in [5.74, 6) is 2.56. The molecule has 0 saturated heterocycles. The molecule has 0 aliphatic carbocycles. The summed E-state index contributed by atoms with van der Waals surface area (Å²) in [4.78, 5) is 4.31. The van der Waals surface area contributed by atoms with E-state index in [9.17, 15) is 0 Å². The smallest absolute Gasteiger partial charge is 0.149 e. The number of aryl methyl sites for hydroxylation is 3. The van der Waals surface area contributed by atoms with Crippen molar-refractivity contribution < 1.29 is 4.42 Å². The van der Waals surface area contributed by atoms with E-state index in [0.717, 1.165) is 22.6 Å². The van der Waals surface area contributed by atoms with E-state index in [2.05, 4.69) is 17.2 Å². The van der Waals surface area contributed by atoms with Gasteiger partial charge in [0.05, 0.1) is 11.7 Å². The molecule has 1 atom stereocenters. The zero-order valence-corrected chi connectivity index (χ0v) is 11.2. The first-order valence-corrected chi connectivity index (χ1v) is 6.03. The fourth-order valence-corrected chi connectivity index (χ4v) is 2.08. The van der Waals surface area contributed by atoms with E-state index in [-0.39, 0.29) is 6.04 Å². The Hall–Kier alpha value is -1.97. The van der Waals surface area contributed by atoms with Crippen molar-refractivity contribution in [2.24, 2.45) is 0 Å². The van der Waals surface area contributed by atoms with Gasteiger partial charge in [-0.3, -0.25) is 0 Å². The fraction of sp³-hybridized carbons (Fsp3) is 0.357. The Kier molecular flexibility index (Phi) is 3.28. The second kappa shape index (κ2) is 4.72. The molecule has 0 aliphatic heterocycles. The van der Waals surface area contributed by atoms with Crippen LogP contribution in [0.5, 0.6) is 0 Å². The maximum absolute atomic E-state index is 5.94. The number of nitrogens with one attached hydrogen (secondary N) is 1. The Morgan fingerprint density at radius 2 is 2.00 bits per heavy atom. The van der Waals surface area contributed by atoms with Crippen LogP contribution in [0, 0.1) is 20.8 Å². The summed E-state index contributed by atoms with van der Waals surface area (Å²) in [5.41, 5.74) is 8.80.